The van der Waals surface area contributed by atoms with Gasteiger partial charge in [0.25, 0.3) is 0 Å². The van der Waals surface area contributed by atoms with Gasteiger partial charge in [0.1, 0.15) is 0 Å². The zero-order valence-corrected chi connectivity index (χ0v) is 11.5. The summed E-state index contributed by atoms with van der Waals surface area (Å²) in [4.78, 5) is 12.7. The smallest absolute Gasteiger partial charge is 0.317 e. The Morgan fingerprint density at radius 1 is 1.50 bits per heavy atom. The molecule has 0 atom stereocenters. The number of carboxylic acids is 1. The maximum Gasteiger partial charge on any atom is 0.317 e. The van der Waals surface area contributed by atoms with Crippen LogP contribution in [0.5, 0.6) is 0 Å². The van der Waals surface area contributed by atoms with Crippen molar-refractivity contribution < 1.29 is 9.90 Å². The van der Waals surface area contributed by atoms with E-state index in [1.165, 1.54) is 9.13 Å². The molecule has 1 aromatic rings. The van der Waals surface area contributed by atoms with Gasteiger partial charge in [-0.2, -0.15) is 0 Å². The molecule has 0 unspecified atom stereocenters. The lowest BCUT2D eigenvalue weighted by molar-refractivity contribution is -0.138. The Morgan fingerprint density at radius 2 is 2.25 bits per heavy atom. The second kappa shape index (κ2) is 6.85. The Hall–Kier alpha value is -0.620. The van der Waals surface area contributed by atoms with Gasteiger partial charge in [0.2, 0.25) is 0 Å². The molecule has 3 nitrogen and oxygen atoms in total. The van der Waals surface area contributed by atoms with Crippen LogP contribution in [0.2, 0.25) is 0 Å². The maximum atomic E-state index is 10.7. The highest BCUT2D eigenvalue weighted by atomic mass is 127. The van der Waals surface area contributed by atoms with Crippen molar-refractivity contribution in [1.29, 1.82) is 0 Å². The van der Waals surface area contributed by atoms with Crippen molar-refractivity contribution in [2.24, 2.45) is 0 Å². The minimum atomic E-state index is -0.765. The van der Waals surface area contributed by atoms with Crippen molar-refractivity contribution in [3.8, 4) is 0 Å². The molecule has 0 aliphatic carbocycles. The minimum absolute atomic E-state index is 0.110. The van der Waals surface area contributed by atoms with Crippen LogP contribution in [0.1, 0.15) is 18.9 Å². The lowest BCUT2D eigenvalue weighted by Gasteiger charge is -2.19. The van der Waals surface area contributed by atoms with Gasteiger partial charge in [-0.1, -0.05) is 19.1 Å². The predicted molar refractivity (Wildman–Crippen MR) is 72.4 cm³/mol. The van der Waals surface area contributed by atoms with Gasteiger partial charge < -0.3 is 5.11 Å². The van der Waals surface area contributed by atoms with E-state index < -0.39 is 5.97 Å². The minimum Gasteiger partial charge on any atom is -0.480 e. The number of halogens is 1. The molecule has 0 fully saturated rings. The number of benzene rings is 1. The molecule has 0 aromatic heterocycles. The molecule has 0 radical (unpaired) electrons. The molecule has 1 rings (SSSR count). The van der Waals surface area contributed by atoms with Crippen LogP contribution in [0, 0.1) is 3.57 Å². The van der Waals surface area contributed by atoms with Crippen molar-refractivity contribution in [1.82, 2.24) is 4.90 Å². The van der Waals surface area contributed by atoms with E-state index in [2.05, 4.69) is 35.6 Å². The third kappa shape index (κ3) is 4.94. The molecule has 0 amide bonds. The highest BCUT2D eigenvalue weighted by Gasteiger charge is 2.09. The molecule has 0 bridgehead atoms. The first-order valence-corrected chi connectivity index (χ1v) is 6.38. The molecule has 1 N–H and O–H groups in total. The molecule has 16 heavy (non-hydrogen) atoms. The summed E-state index contributed by atoms with van der Waals surface area (Å²) in [5, 5.41) is 8.80. The molecule has 1 aromatic carbocycles. The number of carboxylic acid groups (broad SMARTS) is 1. The predicted octanol–water partition coefficient (Wildman–Crippen LogP) is 2.59. The number of carbonyl (C=O) groups is 1. The van der Waals surface area contributed by atoms with Gasteiger partial charge in [-0.05, 0) is 53.3 Å². The highest BCUT2D eigenvalue weighted by Crippen LogP contribution is 2.10. The molecule has 0 heterocycles. The Labute approximate surface area is 110 Å². The van der Waals surface area contributed by atoms with Crippen LogP contribution in [-0.2, 0) is 11.3 Å². The number of aliphatic carboxylic acids is 1. The van der Waals surface area contributed by atoms with E-state index in [0.717, 1.165) is 13.0 Å². The van der Waals surface area contributed by atoms with Crippen molar-refractivity contribution in [2.45, 2.75) is 19.9 Å². The highest BCUT2D eigenvalue weighted by molar-refractivity contribution is 14.1. The van der Waals surface area contributed by atoms with Crippen LogP contribution < -0.4 is 0 Å². The Morgan fingerprint density at radius 3 is 2.81 bits per heavy atom. The zero-order valence-electron chi connectivity index (χ0n) is 9.32. The third-order valence-corrected chi connectivity index (χ3v) is 2.86. The fourth-order valence-corrected chi connectivity index (χ4v) is 2.22. The van der Waals surface area contributed by atoms with E-state index in [4.69, 9.17) is 5.11 Å². The molecule has 0 saturated carbocycles. The summed E-state index contributed by atoms with van der Waals surface area (Å²) in [5.74, 6) is -0.765. The number of nitrogens with zero attached hydrogens (tertiary/aromatic N) is 1. The first-order valence-electron chi connectivity index (χ1n) is 5.30. The van der Waals surface area contributed by atoms with Crippen LogP contribution in [0.15, 0.2) is 24.3 Å². The summed E-state index contributed by atoms with van der Waals surface area (Å²) in [6.07, 6.45) is 0.969. The van der Waals surface area contributed by atoms with Crippen LogP contribution in [0.25, 0.3) is 0 Å². The quantitative estimate of drug-likeness (QED) is 0.814. The van der Waals surface area contributed by atoms with E-state index in [1.54, 1.807) is 0 Å². The lowest BCUT2D eigenvalue weighted by atomic mass is 10.2. The molecule has 88 valence electrons. The Balaban J connectivity index is 2.63. The SMILES string of the molecule is CCCN(CC(=O)O)Cc1cccc(I)c1. The number of hydrogen-bond acceptors (Lipinski definition) is 2. The number of hydrogen-bond donors (Lipinski definition) is 1. The van der Waals surface area contributed by atoms with Gasteiger partial charge in [-0.25, -0.2) is 0 Å². The summed E-state index contributed by atoms with van der Waals surface area (Å²) in [7, 11) is 0. The molecular formula is C12H16INO2. The Bertz CT molecular complexity index is 355. The van der Waals surface area contributed by atoms with Gasteiger partial charge in [0.05, 0.1) is 6.54 Å². The van der Waals surface area contributed by atoms with Crippen LogP contribution >= 0.6 is 22.6 Å². The summed E-state index contributed by atoms with van der Waals surface area (Å²) in [5.41, 5.74) is 1.17. The van der Waals surface area contributed by atoms with E-state index >= 15 is 0 Å². The van der Waals surface area contributed by atoms with Gasteiger partial charge in [-0.15, -0.1) is 0 Å². The van der Waals surface area contributed by atoms with Gasteiger partial charge >= 0.3 is 5.97 Å². The van der Waals surface area contributed by atoms with Gasteiger partial charge in [0, 0.05) is 10.1 Å². The van der Waals surface area contributed by atoms with Crippen molar-refractivity contribution in [3.05, 3.63) is 33.4 Å². The third-order valence-electron chi connectivity index (χ3n) is 2.19. The summed E-state index contributed by atoms with van der Waals surface area (Å²) >= 11 is 2.26. The zero-order chi connectivity index (χ0) is 12.0. The van der Waals surface area contributed by atoms with E-state index in [1.807, 2.05) is 23.1 Å². The molecule has 0 aliphatic rings. The monoisotopic (exact) mass is 333 g/mol. The fourth-order valence-electron chi connectivity index (χ4n) is 1.62. The Kier molecular flexibility index (Phi) is 5.76. The molecular weight excluding hydrogens is 317 g/mol. The average molecular weight is 333 g/mol. The topological polar surface area (TPSA) is 40.5 Å². The normalized spacial score (nSPS) is 10.7. The standard InChI is InChI=1S/C12H16INO2/c1-2-6-14(9-12(15)16)8-10-4-3-5-11(13)7-10/h3-5,7H,2,6,8-9H2,1H3,(H,15,16). The molecule has 4 heteroatoms. The largest absolute Gasteiger partial charge is 0.480 e. The first kappa shape index (κ1) is 13.4. The fraction of sp³-hybridized carbons (Fsp3) is 0.417. The van der Waals surface area contributed by atoms with Gasteiger partial charge in [0.15, 0.2) is 0 Å². The van der Waals surface area contributed by atoms with Crippen LogP contribution in [0.4, 0.5) is 0 Å². The van der Waals surface area contributed by atoms with Crippen molar-refractivity contribution in [2.75, 3.05) is 13.1 Å². The van der Waals surface area contributed by atoms with Crippen LogP contribution in [-0.4, -0.2) is 29.1 Å². The molecule has 0 spiro atoms. The number of rotatable bonds is 6. The van der Waals surface area contributed by atoms with E-state index in [9.17, 15) is 4.79 Å². The molecule has 0 saturated heterocycles. The molecule has 0 aliphatic heterocycles. The second-order valence-corrected chi connectivity index (χ2v) is 4.98. The second-order valence-electron chi connectivity index (χ2n) is 3.73. The summed E-state index contributed by atoms with van der Waals surface area (Å²) in [6.45, 7) is 3.69. The summed E-state index contributed by atoms with van der Waals surface area (Å²) < 4.78 is 1.18. The van der Waals surface area contributed by atoms with E-state index in [-0.39, 0.29) is 6.54 Å². The summed E-state index contributed by atoms with van der Waals surface area (Å²) in [6, 6.07) is 8.16. The van der Waals surface area contributed by atoms with E-state index in [0.29, 0.717) is 6.54 Å². The van der Waals surface area contributed by atoms with Gasteiger partial charge in [-0.3, -0.25) is 9.69 Å². The van der Waals surface area contributed by atoms with Crippen molar-refractivity contribution >= 4 is 28.6 Å². The van der Waals surface area contributed by atoms with Crippen LogP contribution in [0.3, 0.4) is 0 Å². The van der Waals surface area contributed by atoms with Crippen molar-refractivity contribution in [3.63, 3.8) is 0 Å². The average Bonchev–Trinajstić information content (AvgIpc) is 2.16. The maximum absolute atomic E-state index is 10.7. The lowest BCUT2D eigenvalue weighted by Crippen LogP contribution is -2.30. The first-order chi connectivity index (χ1) is 7.61.